The van der Waals surface area contributed by atoms with Crippen molar-refractivity contribution in [3.05, 3.63) is 37.3 Å². The third-order valence-corrected chi connectivity index (χ3v) is 4.04. The van der Waals surface area contributed by atoms with Crippen molar-refractivity contribution in [1.82, 2.24) is 0 Å². The van der Waals surface area contributed by atoms with Crippen molar-refractivity contribution in [2.45, 2.75) is 45.9 Å². The molecule has 0 bridgehead atoms. The fraction of sp³-hybridized carbons (Fsp3) is 0.562. The molecular formula is C16H29OReS-. The normalized spacial score (nSPS) is 9.58. The molecule has 0 fully saturated rings. The van der Waals surface area contributed by atoms with E-state index in [4.69, 9.17) is 0 Å². The van der Waals surface area contributed by atoms with Crippen molar-refractivity contribution in [3.63, 3.8) is 0 Å². The summed E-state index contributed by atoms with van der Waals surface area (Å²) in [5.41, 5.74) is 1.40. The zero-order chi connectivity index (χ0) is 13.3. The smallest absolute Gasteiger partial charge is 0.0490 e. The van der Waals surface area contributed by atoms with Crippen molar-refractivity contribution in [2.75, 3.05) is 12.4 Å². The van der Waals surface area contributed by atoms with Crippen LogP contribution in [0.3, 0.4) is 0 Å². The fourth-order valence-corrected chi connectivity index (χ4v) is 2.47. The van der Waals surface area contributed by atoms with Gasteiger partial charge in [0.05, 0.1) is 0 Å². The Balaban J connectivity index is -0.000000609. The van der Waals surface area contributed by atoms with Gasteiger partial charge in [-0.1, -0.05) is 52.8 Å². The predicted molar refractivity (Wildman–Crippen MR) is 85.2 cm³/mol. The van der Waals surface area contributed by atoms with Crippen molar-refractivity contribution in [2.24, 2.45) is 5.41 Å². The number of hydrogen-bond acceptors (Lipinski definition) is 2. The zero-order valence-corrected chi connectivity index (χ0v) is 16.7. The van der Waals surface area contributed by atoms with E-state index in [1.165, 1.54) is 10.5 Å². The molecule has 0 spiro atoms. The molecule has 1 nitrogen and oxygen atoms in total. The second kappa shape index (κ2) is 13.2. The third-order valence-electron chi connectivity index (χ3n) is 2.40. The van der Waals surface area contributed by atoms with Crippen LogP contribution in [0.25, 0.3) is 0 Å². The molecule has 0 heterocycles. The van der Waals surface area contributed by atoms with Gasteiger partial charge in [0.1, 0.15) is 0 Å². The van der Waals surface area contributed by atoms with Gasteiger partial charge in [0.25, 0.3) is 0 Å². The number of aliphatic hydroxyl groups is 1. The Bertz CT molecular complexity index is 313. The quantitative estimate of drug-likeness (QED) is 0.507. The van der Waals surface area contributed by atoms with Crippen LogP contribution in [0.5, 0.6) is 0 Å². The minimum atomic E-state index is 0. The van der Waals surface area contributed by atoms with Crippen molar-refractivity contribution in [3.8, 4) is 0 Å². The molecule has 0 atom stereocenters. The van der Waals surface area contributed by atoms with E-state index in [-0.39, 0.29) is 39.9 Å². The topological polar surface area (TPSA) is 20.2 Å². The SMILES string of the molecule is CC.CCc1ccccc1SCC(C)(C)CO.[CH3-].[Re]. The van der Waals surface area contributed by atoms with Crippen LogP contribution in [0.1, 0.15) is 40.2 Å². The van der Waals surface area contributed by atoms with Gasteiger partial charge in [0.2, 0.25) is 0 Å². The summed E-state index contributed by atoms with van der Waals surface area (Å²) in [6.45, 7) is 10.6. The molecule has 0 saturated carbocycles. The van der Waals surface area contributed by atoms with Crippen molar-refractivity contribution in [1.29, 1.82) is 0 Å². The van der Waals surface area contributed by atoms with Gasteiger partial charge in [-0.15, -0.1) is 11.8 Å². The van der Waals surface area contributed by atoms with E-state index in [1.807, 2.05) is 25.6 Å². The van der Waals surface area contributed by atoms with E-state index in [2.05, 4.69) is 45.0 Å². The maximum Gasteiger partial charge on any atom is 0.0490 e. The second-order valence-corrected chi connectivity index (χ2v) is 5.59. The summed E-state index contributed by atoms with van der Waals surface area (Å²) in [5, 5.41) is 9.19. The first-order valence-electron chi connectivity index (χ1n) is 6.40. The Labute approximate surface area is 138 Å². The summed E-state index contributed by atoms with van der Waals surface area (Å²) in [6, 6.07) is 8.50. The molecule has 0 saturated heterocycles. The van der Waals surface area contributed by atoms with E-state index < -0.39 is 0 Å². The Kier molecular flexibility index (Phi) is 16.8. The van der Waals surface area contributed by atoms with Crippen molar-refractivity contribution < 1.29 is 25.5 Å². The number of aryl methyl sites for hydroxylation is 1. The zero-order valence-electron chi connectivity index (χ0n) is 13.2. The van der Waals surface area contributed by atoms with Crippen LogP contribution in [-0.4, -0.2) is 17.5 Å². The summed E-state index contributed by atoms with van der Waals surface area (Å²) in [7, 11) is 0. The number of hydrogen-bond donors (Lipinski definition) is 1. The summed E-state index contributed by atoms with van der Waals surface area (Å²) in [4.78, 5) is 1.35. The van der Waals surface area contributed by atoms with E-state index in [9.17, 15) is 5.11 Å². The minimum Gasteiger partial charge on any atom is -0.396 e. The molecule has 1 rings (SSSR count). The molecular weight excluding hydrogens is 426 g/mol. The van der Waals surface area contributed by atoms with Gasteiger partial charge in [-0.2, -0.15) is 0 Å². The molecule has 19 heavy (non-hydrogen) atoms. The van der Waals surface area contributed by atoms with Crippen LogP contribution < -0.4 is 0 Å². The van der Waals surface area contributed by atoms with E-state index in [1.54, 1.807) is 0 Å². The molecule has 1 radical (unpaired) electrons. The van der Waals surface area contributed by atoms with Gasteiger partial charge in [0, 0.05) is 37.7 Å². The van der Waals surface area contributed by atoms with Gasteiger partial charge < -0.3 is 12.5 Å². The molecule has 0 amide bonds. The number of benzene rings is 1. The first kappa shape index (κ1) is 24.2. The number of aliphatic hydroxyl groups excluding tert-OH is 1. The maximum absolute atomic E-state index is 9.19. The van der Waals surface area contributed by atoms with Crippen LogP contribution in [0.15, 0.2) is 29.2 Å². The Morgan fingerprint density at radius 2 is 1.68 bits per heavy atom. The fourth-order valence-electron chi connectivity index (χ4n) is 1.26. The Morgan fingerprint density at radius 3 is 2.16 bits per heavy atom. The average molecular weight is 456 g/mol. The van der Waals surface area contributed by atoms with Crippen LogP contribution in [0, 0.1) is 12.8 Å². The summed E-state index contributed by atoms with van der Waals surface area (Å²) in [6.07, 6.45) is 1.07. The molecule has 1 N–H and O–H groups in total. The Hall–Kier alpha value is 0.192. The molecule has 0 aliphatic carbocycles. The van der Waals surface area contributed by atoms with Gasteiger partial charge in [-0.25, -0.2) is 0 Å². The molecule has 1 aromatic carbocycles. The third kappa shape index (κ3) is 9.69. The predicted octanol–water partition coefficient (Wildman–Crippen LogP) is 4.83. The van der Waals surface area contributed by atoms with Gasteiger partial charge in [-0.3, -0.25) is 0 Å². The average Bonchev–Trinajstić information content (AvgIpc) is 2.39. The monoisotopic (exact) mass is 456 g/mol. The van der Waals surface area contributed by atoms with Crippen LogP contribution in [0.4, 0.5) is 0 Å². The number of rotatable bonds is 5. The molecule has 0 aromatic heterocycles. The molecule has 0 unspecified atom stereocenters. The van der Waals surface area contributed by atoms with Crippen LogP contribution >= 0.6 is 11.8 Å². The molecule has 113 valence electrons. The van der Waals surface area contributed by atoms with E-state index >= 15 is 0 Å². The maximum atomic E-state index is 9.19. The van der Waals surface area contributed by atoms with E-state index in [0.29, 0.717) is 0 Å². The second-order valence-electron chi connectivity index (χ2n) is 4.57. The first-order chi connectivity index (χ1) is 8.09. The molecule has 0 aliphatic rings. The standard InChI is InChI=1S/C13H20OS.C2H6.CH3.Re/c1-4-11-7-5-6-8-12(11)15-10-13(2,3)9-14;1-2;;/h5-8,14H,4,9-10H2,1-3H3;1-2H3;1H3;/q;;-1;. The van der Waals surface area contributed by atoms with Crippen LogP contribution in [-0.2, 0) is 26.8 Å². The van der Waals surface area contributed by atoms with Crippen LogP contribution in [0.2, 0.25) is 0 Å². The number of thioether (sulfide) groups is 1. The summed E-state index contributed by atoms with van der Waals surface area (Å²) < 4.78 is 0. The van der Waals surface area contributed by atoms with Gasteiger partial charge >= 0.3 is 0 Å². The van der Waals surface area contributed by atoms with E-state index in [0.717, 1.165) is 12.2 Å². The first-order valence-corrected chi connectivity index (χ1v) is 7.39. The Morgan fingerprint density at radius 1 is 1.16 bits per heavy atom. The molecule has 1 aromatic rings. The minimum absolute atomic E-state index is 0. The largest absolute Gasteiger partial charge is 0.396 e. The summed E-state index contributed by atoms with van der Waals surface area (Å²) >= 11 is 1.84. The molecule has 0 aliphatic heterocycles. The van der Waals surface area contributed by atoms with Gasteiger partial charge in [0.15, 0.2) is 0 Å². The molecule has 3 heteroatoms. The van der Waals surface area contributed by atoms with Crippen molar-refractivity contribution >= 4 is 11.8 Å². The summed E-state index contributed by atoms with van der Waals surface area (Å²) in [5.74, 6) is 0.959. The van der Waals surface area contributed by atoms with Gasteiger partial charge in [-0.05, 0) is 23.5 Å².